The average Bonchev–Trinajstić information content (AvgIpc) is 3.15. The van der Waals surface area contributed by atoms with E-state index in [4.69, 9.17) is 0 Å². The van der Waals surface area contributed by atoms with Crippen molar-refractivity contribution in [2.45, 2.75) is 24.4 Å². The second-order valence-electron chi connectivity index (χ2n) is 5.76. The Bertz CT molecular complexity index is 796. The van der Waals surface area contributed by atoms with Gasteiger partial charge in [0.25, 0.3) is 0 Å². The zero-order valence-electron chi connectivity index (χ0n) is 13.8. The molecule has 5 heteroatoms. The first kappa shape index (κ1) is 16.6. The first-order valence-corrected chi connectivity index (χ1v) is 9.43. The Hall–Kier alpha value is -2.24. The van der Waals surface area contributed by atoms with E-state index >= 15 is 0 Å². The van der Waals surface area contributed by atoms with Gasteiger partial charge in [0.15, 0.2) is 0 Å². The number of hydrogen-bond acceptors (Lipinski definition) is 3. The maximum atomic E-state index is 11.4. The summed E-state index contributed by atoms with van der Waals surface area (Å²) in [6, 6.07) is 16.6. The van der Waals surface area contributed by atoms with Crippen LogP contribution >= 0.6 is 0 Å². The Morgan fingerprint density at radius 2 is 1.83 bits per heavy atom. The molecule has 1 aromatic heterocycles. The fourth-order valence-electron chi connectivity index (χ4n) is 2.53. The molecular weight excluding hydrogens is 318 g/mol. The molecule has 0 aliphatic carbocycles. The summed E-state index contributed by atoms with van der Waals surface area (Å²) in [6.45, 7) is 2.93. The molecule has 1 heterocycles. The zero-order chi connectivity index (χ0) is 16.9. The molecule has 24 heavy (non-hydrogen) atoms. The molecule has 0 spiro atoms. The van der Waals surface area contributed by atoms with E-state index in [9.17, 15) is 4.21 Å². The second-order valence-corrected chi connectivity index (χ2v) is 7.14. The molecule has 0 fully saturated rings. The molecule has 3 rings (SSSR count). The lowest BCUT2D eigenvalue weighted by molar-refractivity contribution is 0.574. The zero-order valence-corrected chi connectivity index (χ0v) is 14.7. The van der Waals surface area contributed by atoms with Crippen LogP contribution in [0.2, 0.25) is 0 Å². The Balaban J connectivity index is 1.60. The number of nitrogens with one attached hydrogen (secondary N) is 1. The van der Waals surface area contributed by atoms with Gasteiger partial charge in [0.2, 0.25) is 0 Å². The lowest BCUT2D eigenvalue weighted by Gasteiger charge is -2.15. The van der Waals surface area contributed by atoms with Crippen molar-refractivity contribution in [2.24, 2.45) is 0 Å². The Labute approximate surface area is 145 Å². The Morgan fingerprint density at radius 1 is 1.12 bits per heavy atom. The van der Waals surface area contributed by atoms with Gasteiger partial charge in [-0.05, 0) is 42.3 Å². The number of hydrogen-bond donors (Lipinski definition) is 1. The highest BCUT2D eigenvalue weighted by molar-refractivity contribution is 7.84. The van der Waals surface area contributed by atoms with E-state index in [-0.39, 0.29) is 6.04 Å². The van der Waals surface area contributed by atoms with Gasteiger partial charge in [-0.2, -0.15) is 0 Å². The molecule has 2 aromatic carbocycles. The van der Waals surface area contributed by atoms with E-state index in [1.165, 1.54) is 11.1 Å². The third-order valence-electron chi connectivity index (χ3n) is 4.06. The number of nitrogens with zero attached hydrogens (tertiary/aromatic N) is 2. The monoisotopic (exact) mass is 339 g/mol. The van der Waals surface area contributed by atoms with Crippen LogP contribution in [0.25, 0.3) is 5.69 Å². The number of aromatic nitrogens is 2. The van der Waals surface area contributed by atoms with Crippen LogP contribution in [0.4, 0.5) is 0 Å². The minimum absolute atomic E-state index is 0.252. The highest BCUT2D eigenvalue weighted by Gasteiger charge is 2.06. The van der Waals surface area contributed by atoms with Crippen LogP contribution in [0.5, 0.6) is 0 Å². The predicted molar refractivity (Wildman–Crippen MR) is 97.6 cm³/mol. The molecule has 0 saturated heterocycles. The third-order valence-corrected chi connectivity index (χ3v) is 5.00. The molecule has 0 aliphatic heterocycles. The lowest BCUT2D eigenvalue weighted by atomic mass is 10.1. The minimum atomic E-state index is -0.922. The quantitative estimate of drug-likeness (QED) is 0.748. The van der Waals surface area contributed by atoms with Crippen molar-refractivity contribution >= 4 is 10.8 Å². The molecule has 4 nitrogen and oxygen atoms in total. The third kappa shape index (κ3) is 3.99. The standard InChI is InChI=1S/C19H21N3OS/c1-15(21-13-16-3-9-19(10-4-16)24(2)23)17-5-7-18(8-6-17)22-12-11-20-14-22/h3-12,14-15,21H,13H2,1-2H3/t15-,24+/m0/s1. The predicted octanol–water partition coefficient (Wildman–Crippen LogP) is 3.46. The van der Waals surface area contributed by atoms with Crippen LogP contribution in [0.3, 0.4) is 0 Å². The first-order chi connectivity index (χ1) is 11.6. The molecular formula is C19H21N3OS. The van der Waals surface area contributed by atoms with Gasteiger partial charge in [-0.15, -0.1) is 0 Å². The van der Waals surface area contributed by atoms with Crippen molar-refractivity contribution in [1.82, 2.24) is 14.9 Å². The van der Waals surface area contributed by atoms with Crippen LogP contribution in [0.1, 0.15) is 24.1 Å². The van der Waals surface area contributed by atoms with E-state index in [2.05, 4.69) is 41.5 Å². The molecule has 124 valence electrons. The average molecular weight is 339 g/mol. The van der Waals surface area contributed by atoms with Gasteiger partial charge in [-0.25, -0.2) is 4.98 Å². The Kier molecular flexibility index (Phi) is 5.23. The number of benzene rings is 2. The number of imidazole rings is 1. The van der Waals surface area contributed by atoms with Crippen molar-refractivity contribution in [3.8, 4) is 5.69 Å². The van der Waals surface area contributed by atoms with E-state index < -0.39 is 10.8 Å². The summed E-state index contributed by atoms with van der Waals surface area (Å²) < 4.78 is 13.4. The van der Waals surface area contributed by atoms with Crippen molar-refractivity contribution < 1.29 is 4.21 Å². The van der Waals surface area contributed by atoms with Crippen LogP contribution in [-0.2, 0) is 17.3 Å². The summed E-state index contributed by atoms with van der Waals surface area (Å²) >= 11 is 0. The SMILES string of the molecule is C[C@H](NCc1ccc([S@@](C)=O)cc1)c1ccc(-n2ccnc2)cc1. The van der Waals surface area contributed by atoms with E-state index in [1.807, 2.05) is 35.0 Å². The van der Waals surface area contributed by atoms with Gasteiger partial charge in [-0.3, -0.25) is 4.21 Å². The largest absolute Gasteiger partial charge is 0.306 e. The summed E-state index contributed by atoms with van der Waals surface area (Å²) in [4.78, 5) is 4.93. The normalized spacial score (nSPS) is 13.6. The highest BCUT2D eigenvalue weighted by atomic mass is 32.2. The summed E-state index contributed by atoms with van der Waals surface area (Å²) in [5.74, 6) is 0. The molecule has 3 aromatic rings. The number of rotatable bonds is 6. The van der Waals surface area contributed by atoms with Crippen LogP contribution in [0, 0.1) is 0 Å². The van der Waals surface area contributed by atoms with Gasteiger partial charge in [-0.1, -0.05) is 24.3 Å². The maximum absolute atomic E-state index is 11.4. The fourth-order valence-corrected chi connectivity index (χ4v) is 3.05. The highest BCUT2D eigenvalue weighted by Crippen LogP contribution is 2.16. The van der Waals surface area contributed by atoms with Crippen LogP contribution in [0.15, 0.2) is 72.1 Å². The fraction of sp³-hybridized carbons (Fsp3) is 0.211. The van der Waals surface area contributed by atoms with Gasteiger partial charge < -0.3 is 9.88 Å². The van der Waals surface area contributed by atoms with Crippen molar-refractivity contribution in [1.29, 1.82) is 0 Å². The molecule has 2 atom stereocenters. The van der Waals surface area contributed by atoms with Crippen molar-refractivity contribution in [3.63, 3.8) is 0 Å². The van der Waals surface area contributed by atoms with Gasteiger partial charge >= 0.3 is 0 Å². The van der Waals surface area contributed by atoms with Gasteiger partial charge in [0, 0.05) is 52.6 Å². The van der Waals surface area contributed by atoms with Gasteiger partial charge in [0.1, 0.15) is 0 Å². The van der Waals surface area contributed by atoms with Crippen LogP contribution in [-0.4, -0.2) is 20.0 Å². The minimum Gasteiger partial charge on any atom is -0.306 e. The molecule has 1 N–H and O–H groups in total. The van der Waals surface area contributed by atoms with Crippen LogP contribution < -0.4 is 5.32 Å². The summed E-state index contributed by atoms with van der Waals surface area (Å²) in [6.07, 6.45) is 7.20. The molecule has 0 amide bonds. The Morgan fingerprint density at radius 3 is 2.42 bits per heavy atom. The molecule has 0 unspecified atom stereocenters. The molecule has 0 radical (unpaired) electrons. The first-order valence-electron chi connectivity index (χ1n) is 7.87. The van der Waals surface area contributed by atoms with Crippen molar-refractivity contribution in [2.75, 3.05) is 6.26 Å². The maximum Gasteiger partial charge on any atom is 0.0991 e. The molecule has 0 bridgehead atoms. The summed E-state index contributed by atoms with van der Waals surface area (Å²) in [5.41, 5.74) is 3.53. The summed E-state index contributed by atoms with van der Waals surface area (Å²) in [5, 5.41) is 3.52. The smallest absolute Gasteiger partial charge is 0.0991 e. The topological polar surface area (TPSA) is 46.9 Å². The van der Waals surface area contributed by atoms with E-state index in [1.54, 1.807) is 18.8 Å². The summed E-state index contributed by atoms with van der Waals surface area (Å²) in [7, 11) is -0.922. The second kappa shape index (κ2) is 7.55. The lowest BCUT2D eigenvalue weighted by Crippen LogP contribution is -2.18. The van der Waals surface area contributed by atoms with Crippen molar-refractivity contribution in [3.05, 3.63) is 78.4 Å². The van der Waals surface area contributed by atoms with E-state index in [0.717, 1.165) is 17.1 Å². The molecule has 0 aliphatic rings. The van der Waals surface area contributed by atoms with Gasteiger partial charge in [0.05, 0.1) is 6.33 Å². The van der Waals surface area contributed by atoms with E-state index in [0.29, 0.717) is 0 Å². The molecule has 0 saturated carbocycles.